The van der Waals surface area contributed by atoms with Gasteiger partial charge in [0.2, 0.25) is 5.91 Å². The number of carboxylic acid groups (broad SMARTS) is 1. The molecule has 0 bridgehead atoms. The van der Waals surface area contributed by atoms with Crippen molar-refractivity contribution in [1.29, 1.82) is 0 Å². The minimum Gasteiger partial charge on any atom is -0.481 e. The maximum Gasteiger partial charge on any atom is 0.303 e. The molecule has 0 saturated heterocycles. The van der Waals surface area contributed by atoms with Gasteiger partial charge in [0.1, 0.15) is 6.04 Å². The van der Waals surface area contributed by atoms with E-state index in [1.54, 1.807) is 19.2 Å². The Bertz CT molecular complexity index is 831. The molecule has 3 rings (SSSR count). The van der Waals surface area contributed by atoms with Gasteiger partial charge in [0, 0.05) is 33.0 Å². The number of benzene rings is 1. The molecular formula is C20H22N2O5. The van der Waals surface area contributed by atoms with Gasteiger partial charge in [-0.1, -0.05) is 24.3 Å². The van der Waals surface area contributed by atoms with Gasteiger partial charge in [-0.05, 0) is 29.7 Å². The number of nitrogens with zero attached hydrogens (tertiary/aromatic N) is 2. The zero-order chi connectivity index (χ0) is 19.4. The molecule has 7 heteroatoms. The van der Waals surface area contributed by atoms with Gasteiger partial charge in [0.25, 0.3) is 5.91 Å². The van der Waals surface area contributed by atoms with Gasteiger partial charge in [0.05, 0.1) is 6.26 Å². The van der Waals surface area contributed by atoms with E-state index in [0.29, 0.717) is 25.9 Å². The third-order valence-electron chi connectivity index (χ3n) is 4.79. The second-order valence-corrected chi connectivity index (χ2v) is 6.66. The quantitative estimate of drug-likeness (QED) is 0.841. The van der Waals surface area contributed by atoms with Crippen LogP contribution in [0.5, 0.6) is 0 Å². The third-order valence-corrected chi connectivity index (χ3v) is 4.79. The maximum absolute atomic E-state index is 13.0. The van der Waals surface area contributed by atoms with Crippen molar-refractivity contribution in [3.8, 4) is 0 Å². The Morgan fingerprint density at radius 2 is 1.93 bits per heavy atom. The van der Waals surface area contributed by atoms with Crippen LogP contribution in [0.15, 0.2) is 47.1 Å². The van der Waals surface area contributed by atoms with Crippen LogP contribution in [-0.4, -0.2) is 52.3 Å². The lowest BCUT2D eigenvalue weighted by atomic mass is 9.93. The molecule has 2 amide bonds. The van der Waals surface area contributed by atoms with Gasteiger partial charge >= 0.3 is 5.97 Å². The highest BCUT2D eigenvalue weighted by molar-refractivity contribution is 5.96. The van der Waals surface area contributed by atoms with Gasteiger partial charge in [-0.25, -0.2) is 0 Å². The van der Waals surface area contributed by atoms with E-state index in [4.69, 9.17) is 9.52 Å². The van der Waals surface area contributed by atoms with Crippen molar-refractivity contribution in [2.45, 2.75) is 31.8 Å². The van der Waals surface area contributed by atoms with Gasteiger partial charge in [0.15, 0.2) is 5.76 Å². The van der Waals surface area contributed by atoms with Gasteiger partial charge in [-0.3, -0.25) is 14.4 Å². The summed E-state index contributed by atoms with van der Waals surface area (Å²) in [5, 5.41) is 8.78. The van der Waals surface area contributed by atoms with Crippen LogP contribution >= 0.6 is 0 Å². The lowest BCUT2D eigenvalue weighted by Gasteiger charge is -2.37. The summed E-state index contributed by atoms with van der Waals surface area (Å²) >= 11 is 0. The Morgan fingerprint density at radius 1 is 1.19 bits per heavy atom. The summed E-state index contributed by atoms with van der Waals surface area (Å²) in [7, 11) is 1.64. The van der Waals surface area contributed by atoms with Crippen LogP contribution in [0.25, 0.3) is 0 Å². The van der Waals surface area contributed by atoms with E-state index < -0.39 is 12.0 Å². The smallest absolute Gasteiger partial charge is 0.303 e. The SMILES string of the molecule is CN(CCCC(=O)O)C(=O)C1Cc2ccccc2CN1C(=O)c1ccco1. The highest BCUT2D eigenvalue weighted by Crippen LogP contribution is 2.26. The molecule has 27 heavy (non-hydrogen) atoms. The molecule has 1 aliphatic heterocycles. The molecule has 0 fully saturated rings. The Hall–Kier alpha value is -3.09. The molecule has 1 unspecified atom stereocenters. The first-order chi connectivity index (χ1) is 13.0. The topological polar surface area (TPSA) is 91.1 Å². The van der Waals surface area contributed by atoms with E-state index in [-0.39, 0.29) is 24.0 Å². The molecule has 1 aromatic heterocycles. The summed E-state index contributed by atoms with van der Waals surface area (Å²) < 4.78 is 5.23. The summed E-state index contributed by atoms with van der Waals surface area (Å²) in [6.07, 6.45) is 2.22. The summed E-state index contributed by atoms with van der Waals surface area (Å²) in [4.78, 5) is 39.7. The number of carbonyl (C=O) groups excluding carboxylic acids is 2. The highest BCUT2D eigenvalue weighted by atomic mass is 16.4. The van der Waals surface area contributed by atoms with E-state index in [2.05, 4.69) is 0 Å². The fraction of sp³-hybridized carbons (Fsp3) is 0.350. The second kappa shape index (κ2) is 8.07. The third kappa shape index (κ3) is 4.19. The van der Waals surface area contributed by atoms with Crippen LogP contribution in [0, 0.1) is 0 Å². The van der Waals surface area contributed by atoms with Crippen LogP contribution < -0.4 is 0 Å². The number of amides is 2. The van der Waals surface area contributed by atoms with Crippen LogP contribution in [0.4, 0.5) is 0 Å². The normalized spacial score (nSPS) is 15.9. The van der Waals surface area contributed by atoms with Gasteiger partial charge in [-0.2, -0.15) is 0 Å². The lowest BCUT2D eigenvalue weighted by molar-refractivity contribution is -0.139. The van der Waals surface area contributed by atoms with E-state index >= 15 is 0 Å². The number of carbonyl (C=O) groups is 3. The molecule has 1 N–H and O–H groups in total. The van der Waals surface area contributed by atoms with Crippen molar-refractivity contribution in [2.24, 2.45) is 0 Å². The largest absolute Gasteiger partial charge is 0.481 e. The molecule has 1 aromatic carbocycles. The monoisotopic (exact) mass is 370 g/mol. The molecule has 0 radical (unpaired) electrons. The minimum absolute atomic E-state index is 0.000159. The van der Waals surface area contributed by atoms with Crippen molar-refractivity contribution in [1.82, 2.24) is 9.80 Å². The zero-order valence-corrected chi connectivity index (χ0v) is 15.1. The molecule has 142 valence electrons. The number of carboxylic acids is 1. The predicted molar refractivity (Wildman–Crippen MR) is 97.0 cm³/mol. The first kappa shape index (κ1) is 18.7. The van der Waals surface area contributed by atoms with Gasteiger partial charge in [-0.15, -0.1) is 0 Å². The Kier molecular flexibility index (Phi) is 5.59. The fourth-order valence-corrected chi connectivity index (χ4v) is 3.33. The predicted octanol–water partition coefficient (Wildman–Crippen LogP) is 2.17. The van der Waals surface area contributed by atoms with Crippen molar-refractivity contribution in [2.75, 3.05) is 13.6 Å². The molecule has 2 aromatic rings. The molecular weight excluding hydrogens is 348 g/mol. The summed E-state index contributed by atoms with van der Waals surface area (Å²) in [5.74, 6) is -1.22. The molecule has 2 heterocycles. The standard InChI is InChI=1S/C20H22N2O5/c1-21(10-4-9-18(23)24)19(25)16-12-14-6-2-3-7-15(14)13-22(16)20(26)17-8-5-11-27-17/h2-3,5-8,11,16H,4,9-10,12-13H2,1H3,(H,23,24). The van der Waals surface area contributed by atoms with E-state index in [9.17, 15) is 14.4 Å². The Morgan fingerprint density at radius 3 is 2.59 bits per heavy atom. The van der Waals surface area contributed by atoms with Crippen LogP contribution in [0.3, 0.4) is 0 Å². The number of furan rings is 1. The van der Waals surface area contributed by atoms with Crippen LogP contribution in [0.1, 0.15) is 34.5 Å². The lowest BCUT2D eigenvalue weighted by Crippen LogP contribution is -2.53. The second-order valence-electron chi connectivity index (χ2n) is 6.66. The van der Waals surface area contributed by atoms with Crippen LogP contribution in [-0.2, 0) is 22.6 Å². The van der Waals surface area contributed by atoms with E-state index in [0.717, 1.165) is 11.1 Å². The van der Waals surface area contributed by atoms with Crippen molar-refractivity contribution in [3.63, 3.8) is 0 Å². The summed E-state index contributed by atoms with van der Waals surface area (Å²) in [6.45, 7) is 0.654. The first-order valence-corrected chi connectivity index (χ1v) is 8.85. The van der Waals surface area contributed by atoms with E-state index in [1.807, 2.05) is 24.3 Å². The maximum atomic E-state index is 13.0. The molecule has 0 aliphatic carbocycles. The number of likely N-dealkylation sites (N-methyl/N-ethyl adjacent to an activating group) is 1. The minimum atomic E-state index is -0.892. The average Bonchev–Trinajstić information content (AvgIpc) is 3.20. The summed E-state index contributed by atoms with van der Waals surface area (Å²) in [6, 6.07) is 10.3. The number of hydrogen-bond acceptors (Lipinski definition) is 4. The molecule has 7 nitrogen and oxygen atoms in total. The number of hydrogen-bond donors (Lipinski definition) is 1. The number of aliphatic carboxylic acids is 1. The van der Waals surface area contributed by atoms with E-state index in [1.165, 1.54) is 16.1 Å². The van der Waals surface area contributed by atoms with Gasteiger partial charge < -0.3 is 19.3 Å². The fourth-order valence-electron chi connectivity index (χ4n) is 3.33. The highest BCUT2D eigenvalue weighted by Gasteiger charge is 2.37. The molecule has 1 atom stereocenters. The molecule has 0 spiro atoms. The molecule has 0 saturated carbocycles. The van der Waals surface area contributed by atoms with Crippen LogP contribution in [0.2, 0.25) is 0 Å². The Labute approximate surface area is 157 Å². The number of rotatable bonds is 6. The molecule has 1 aliphatic rings. The number of fused-ring (bicyclic) bond motifs is 1. The van der Waals surface area contributed by atoms with Crippen molar-refractivity contribution in [3.05, 3.63) is 59.5 Å². The van der Waals surface area contributed by atoms with Crippen molar-refractivity contribution >= 4 is 17.8 Å². The van der Waals surface area contributed by atoms with Crippen molar-refractivity contribution < 1.29 is 23.9 Å². The Balaban J connectivity index is 1.81. The summed E-state index contributed by atoms with van der Waals surface area (Å²) in [5.41, 5.74) is 2.05. The zero-order valence-electron chi connectivity index (χ0n) is 15.1. The average molecular weight is 370 g/mol. The first-order valence-electron chi connectivity index (χ1n) is 8.85.